The quantitative estimate of drug-likeness (QED) is 0.835. The SMILES string of the molecule is CCC(NC(=O)N1CCN(C(=O)c2cccc(F)c2)CC1)c1ccc(Cl)cc1. The van der Waals surface area contributed by atoms with E-state index in [2.05, 4.69) is 5.32 Å². The van der Waals surface area contributed by atoms with Crippen molar-refractivity contribution in [2.24, 2.45) is 0 Å². The first-order valence-electron chi connectivity index (χ1n) is 9.33. The average molecular weight is 404 g/mol. The van der Waals surface area contributed by atoms with E-state index in [9.17, 15) is 14.0 Å². The Morgan fingerprint density at radius 1 is 1.07 bits per heavy atom. The molecule has 1 unspecified atom stereocenters. The van der Waals surface area contributed by atoms with Crippen LogP contribution < -0.4 is 5.32 Å². The highest BCUT2D eigenvalue weighted by molar-refractivity contribution is 6.30. The van der Waals surface area contributed by atoms with Crippen LogP contribution in [-0.2, 0) is 0 Å². The summed E-state index contributed by atoms with van der Waals surface area (Å²) in [5, 5.41) is 3.70. The molecule has 1 saturated heterocycles. The van der Waals surface area contributed by atoms with Gasteiger partial charge in [-0.05, 0) is 42.3 Å². The number of amides is 3. The minimum atomic E-state index is -0.434. The number of benzene rings is 2. The van der Waals surface area contributed by atoms with Crippen molar-refractivity contribution in [1.82, 2.24) is 15.1 Å². The van der Waals surface area contributed by atoms with Crippen LogP contribution in [0, 0.1) is 5.82 Å². The van der Waals surface area contributed by atoms with Crippen molar-refractivity contribution in [3.05, 3.63) is 70.5 Å². The number of rotatable bonds is 4. The molecule has 0 radical (unpaired) electrons. The lowest BCUT2D eigenvalue weighted by Crippen LogP contribution is -2.53. The van der Waals surface area contributed by atoms with E-state index in [0.717, 1.165) is 12.0 Å². The molecule has 1 heterocycles. The van der Waals surface area contributed by atoms with Crippen LogP contribution in [0.2, 0.25) is 5.02 Å². The second kappa shape index (κ2) is 9.06. The Balaban J connectivity index is 1.55. The topological polar surface area (TPSA) is 52.7 Å². The summed E-state index contributed by atoms with van der Waals surface area (Å²) in [7, 11) is 0. The Morgan fingerprint density at radius 2 is 1.71 bits per heavy atom. The Hall–Kier alpha value is -2.60. The molecule has 5 nitrogen and oxygen atoms in total. The molecule has 1 N–H and O–H groups in total. The van der Waals surface area contributed by atoms with Crippen LogP contribution in [0.15, 0.2) is 48.5 Å². The normalized spacial score (nSPS) is 15.2. The van der Waals surface area contributed by atoms with Gasteiger partial charge in [-0.15, -0.1) is 0 Å². The summed E-state index contributed by atoms with van der Waals surface area (Å²) in [4.78, 5) is 28.5. The van der Waals surface area contributed by atoms with Gasteiger partial charge >= 0.3 is 6.03 Å². The van der Waals surface area contributed by atoms with Crippen molar-refractivity contribution in [2.75, 3.05) is 26.2 Å². The number of nitrogens with zero attached hydrogens (tertiary/aromatic N) is 2. The van der Waals surface area contributed by atoms with Gasteiger partial charge in [0.1, 0.15) is 5.82 Å². The van der Waals surface area contributed by atoms with Crippen LogP contribution in [-0.4, -0.2) is 47.9 Å². The molecule has 7 heteroatoms. The molecular formula is C21H23ClFN3O2. The van der Waals surface area contributed by atoms with Crippen LogP contribution in [0.25, 0.3) is 0 Å². The lowest BCUT2D eigenvalue weighted by molar-refractivity contribution is 0.0663. The summed E-state index contributed by atoms with van der Waals surface area (Å²) in [5.41, 5.74) is 1.33. The molecule has 3 amide bonds. The van der Waals surface area contributed by atoms with Crippen LogP contribution >= 0.6 is 11.6 Å². The summed E-state index contributed by atoms with van der Waals surface area (Å²) in [6, 6.07) is 12.8. The number of nitrogens with one attached hydrogen (secondary N) is 1. The van der Waals surface area contributed by atoms with Crippen LogP contribution in [0.3, 0.4) is 0 Å². The average Bonchev–Trinajstić information content (AvgIpc) is 2.72. The molecule has 2 aromatic rings. The fourth-order valence-corrected chi connectivity index (χ4v) is 3.40. The zero-order valence-electron chi connectivity index (χ0n) is 15.7. The van der Waals surface area contributed by atoms with Gasteiger partial charge in [0.2, 0.25) is 0 Å². The van der Waals surface area contributed by atoms with Gasteiger partial charge in [0.05, 0.1) is 6.04 Å². The second-order valence-electron chi connectivity index (χ2n) is 6.75. The van der Waals surface area contributed by atoms with Gasteiger partial charge < -0.3 is 15.1 Å². The predicted octanol–water partition coefficient (Wildman–Crippen LogP) is 4.10. The number of hydrogen-bond donors (Lipinski definition) is 1. The fourth-order valence-electron chi connectivity index (χ4n) is 3.27. The maximum Gasteiger partial charge on any atom is 0.318 e. The minimum absolute atomic E-state index is 0.100. The van der Waals surface area contributed by atoms with Crippen molar-refractivity contribution in [1.29, 1.82) is 0 Å². The molecule has 0 spiro atoms. The number of piperazine rings is 1. The monoisotopic (exact) mass is 403 g/mol. The maximum absolute atomic E-state index is 13.3. The smallest absolute Gasteiger partial charge is 0.318 e. The van der Waals surface area contributed by atoms with Crippen molar-refractivity contribution < 1.29 is 14.0 Å². The predicted molar refractivity (Wildman–Crippen MR) is 107 cm³/mol. The number of hydrogen-bond acceptors (Lipinski definition) is 2. The lowest BCUT2D eigenvalue weighted by atomic mass is 10.1. The second-order valence-corrected chi connectivity index (χ2v) is 7.19. The number of urea groups is 1. The molecule has 1 atom stereocenters. The zero-order valence-corrected chi connectivity index (χ0v) is 16.5. The third kappa shape index (κ3) is 4.81. The molecule has 1 aliphatic rings. The van der Waals surface area contributed by atoms with Crippen molar-refractivity contribution >= 4 is 23.5 Å². The Labute approximate surface area is 169 Å². The summed E-state index contributed by atoms with van der Waals surface area (Å²) < 4.78 is 13.3. The lowest BCUT2D eigenvalue weighted by Gasteiger charge is -2.35. The summed E-state index contributed by atoms with van der Waals surface area (Å²) in [6.07, 6.45) is 0.755. The highest BCUT2D eigenvalue weighted by Gasteiger charge is 2.26. The Bertz CT molecular complexity index is 836. The molecule has 3 rings (SSSR count). The number of halogens is 2. The van der Waals surface area contributed by atoms with Gasteiger partial charge in [0.15, 0.2) is 0 Å². The number of carbonyl (C=O) groups excluding carboxylic acids is 2. The summed E-state index contributed by atoms with van der Waals surface area (Å²) >= 11 is 5.93. The van der Waals surface area contributed by atoms with E-state index >= 15 is 0 Å². The summed E-state index contributed by atoms with van der Waals surface area (Å²) in [5.74, 6) is -0.649. The van der Waals surface area contributed by atoms with Gasteiger partial charge in [-0.2, -0.15) is 0 Å². The fraction of sp³-hybridized carbons (Fsp3) is 0.333. The minimum Gasteiger partial charge on any atom is -0.335 e. The molecule has 1 fully saturated rings. The molecule has 0 aromatic heterocycles. The van der Waals surface area contributed by atoms with Crippen LogP contribution in [0.1, 0.15) is 35.3 Å². The molecule has 2 aromatic carbocycles. The van der Waals surface area contributed by atoms with Crippen LogP contribution in [0.4, 0.5) is 9.18 Å². The first kappa shape index (κ1) is 20.1. The molecule has 148 valence electrons. The van der Waals surface area contributed by atoms with Gasteiger partial charge in [-0.1, -0.05) is 36.7 Å². The molecule has 1 aliphatic heterocycles. The van der Waals surface area contributed by atoms with E-state index in [1.54, 1.807) is 15.9 Å². The van der Waals surface area contributed by atoms with E-state index in [1.807, 2.05) is 31.2 Å². The van der Waals surface area contributed by atoms with Gasteiger partial charge in [-0.3, -0.25) is 4.79 Å². The molecule has 0 aliphatic carbocycles. The zero-order chi connectivity index (χ0) is 20.1. The van der Waals surface area contributed by atoms with Crippen molar-refractivity contribution in [2.45, 2.75) is 19.4 Å². The van der Waals surface area contributed by atoms with Crippen LogP contribution in [0.5, 0.6) is 0 Å². The Morgan fingerprint density at radius 3 is 2.32 bits per heavy atom. The van der Waals surface area contributed by atoms with E-state index in [1.165, 1.54) is 18.2 Å². The highest BCUT2D eigenvalue weighted by atomic mass is 35.5. The highest BCUT2D eigenvalue weighted by Crippen LogP contribution is 2.20. The van der Waals surface area contributed by atoms with Crippen molar-refractivity contribution in [3.8, 4) is 0 Å². The Kier molecular flexibility index (Phi) is 6.52. The van der Waals surface area contributed by atoms with E-state index in [4.69, 9.17) is 11.6 Å². The maximum atomic E-state index is 13.3. The van der Waals surface area contributed by atoms with E-state index in [-0.39, 0.29) is 18.0 Å². The van der Waals surface area contributed by atoms with Gasteiger partial charge in [-0.25, -0.2) is 9.18 Å². The molecular weight excluding hydrogens is 381 g/mol. The number of carbonyl (C=O) groups is 2. The standard InChI is InChI=1S/C21H23ClFN3O2/c1-2-19(15-6-8-17(22)9-7-15)24-21(28)26-12-10-25(11-13-26)20(27)16-4-3-5-18(23)14-16/h3-9,14,19H,2,10-13H2,1H3,(H,24,28). The molecule has 28 heavy (non-hydrogen) atoms. The first-order chi connectivity index (χ1) is 13.5. The van der Waals surface area contributed by atoms with E-state index < -0.39 is 5.82 Å². The summed E-state index contributed by atoms with van der Waals surface area (Å²) in [6.45, 7) is 3.71. The van der Waals surface area contributed by atoms with Crippen molar-refractivity contribution in [3.63, 3.8) is 0 Å². The molecule has 0 bridgehead atoms. The van der Waals surface area contributed by atoms with E-state index in [0.29, 0.717) is 36.8 Å². The van der Waals surface area contributed by atoms with Gasteiger partial charge in [0.25, 0.3) is 5.91 Å². The van der Waals surface area contributed by atoms with Gasteiger partial charge in [0, 0.05) is 36.8 Å². The molecule has 0 saturated carbocycles. The third-order valence-corrected chi connectivity index (χ3v) is 5.16. The first-order valence-corrected chi connectivity index (χ1v) is 9.71. The third-order valence-electron chi connectivity index (χ3n) is 4.90. The largest absolute Gasteiger partial charge is 0.335 e.